The van der Waals surface area contributed by atoms with Gasteiger partial charge < -0.3 is 14.8 Å². The quantitative estimate of drug-likeness (QED) is 0.873. The van der Waals surface area contributed by atoms with Crippen LogP contribution in [0.15, 0.2) is 12.1 Å². The Hall–Kier alpha value is -1.22. The van der Waals surface area contributed by atoms with Crippen molar-refractivity contribution in [3.63, 3.8) is 0 Å². The molecule has 1 aliphatic heterocycles. The van der Waals surface area contributed by atoms with E-state index in [0.717, 1.165) is 30.2 Å². The number of piperidine rings is 1. The minimum atomic E-state index is 0.535. The van der Waals surface area contributed by atoms with Gasteiger partial charge >= 0.3 is 0 Å². The summed E-state index contributed by atoms with van der Waals surface area (Å²) < 4.78 is 11.0. The number of nitrogens with one attached hydrogen (secondary N) is 1. The summed E-state index contributed by atoms with van der Waals surface area (Å²) in [6, 6.07) is 4.29. The van der Waals surface area contributed by atoms with Crippen molar-refractivity contribution in [2.75, 3.05) is 27.3 Å². The number of aryl methyl sites for hydroxylation is 1. The first kappa shape index (κ1) is 12.2. The lowest BCUT2D eigenvalue weighted by Crippen LogP contribution is -2.28. The summed E-state index contributed by atoms with van der Waals surface area (Å²) in [5.74, 6) is 2.31. The van der Waals surface area contributed by atoms with Gasteiger partial charge in [-0.25, -0.2) is 0 Å². The molecule has 1 N–H and O–H groups in total. The van der Waals surface area contributed by atoms with E-state index < -0.39 is 0 Å². The normalized spacial score (nSPS) is 20.1. The van der Waals surface area contributed by atoms with Crippen molar-refractivity contribution in [1.29, 1.82) is 0 Å². The van der Waals surface area contributed by atoms with Gasteiger partial charge in [0.1, 0.15) is 0 Å². The molecule has 17 heavy (non-hydrogen) atoms. The Morgan fingerprint density at radius 2 is 1.94 bits per heavy atom. The molecule has 1 aliphatic rings. The SMILES string of the molecule is COc1c(C)ccc(C2CCCNC2)c1OC. The lowest BCUT2D eigenvalue weighted by Gasteiger charge is -2.26. The van der Waals surface area contributed by atoms with Crippen molar-refractivity contribution in [3.8, 4) is 11.5 Å². The fourth-order valence-electron chi connectivity index (χ4n) is 2.58. The Kier molecular flexibility index (Phi) is 3.89. The van der Waals surface area contributed by atoms with Crippen molar-refractivity contribution in [1.82, 2.24) is 5.32 Å². The number of benzene rings is 1. The van der Waals surface area contributed by atoms with Crippen molar-refractivity contribution >= 4 is 0 Å². The van der Waals surface area contributed by atoms with Gasteiger partial charge in [0.15, 0.2) is 11.5 Å². The molecular formula is C14H21NO2. The molecule has 0 radical (unpaired) electrons. The predicted molar refractivity (Wildman–Crippen MR) is 69.1 cm³/mol. The second-order valence-corrected chi connectivity index (χ2v) is 4.58. The standard InChI is InChI=1S/C14H21NO2/c1-10-6-7-12(11-5-4-8-15-9-11)14(17-3)13(10)16-2/h6-7,11,15H,4-5,8-9H2,1-3H3. The molecule has 0 aromatic heterocycles. The molecule has 1 atom stereocenters. The summed E-state index contributed by atoms with van der Waals surface area (Å²) in [5, 5.41) is 3.44. The van der Waals surface area contributed by atoms with E-state index in [1.807, 2.05) is 6.92 Å². The van der Waals surface area contributed by atoms with Crippen LogP contribution in [0.4, 0.5) is 0 Å². The summed E-state index contributed by atoms with van der Waals surface area (Å²) in [5.41, 5.74) is 2.39. The fraction of sp³-hybridized carbons (Fsp3) is 0.571. The molecule has 0 bridgehead atoms. The lowest BCUT2D eigenvalue weighted by molar-refractivity contribution is 0.343. The third-order valence-corrected chi connectivity index (χ3v) is 3.48. The zero-order valence-corrected chi connectivity index (χ0v) is 10.9. The first-order valence-corrected chi connectivity index (χ1v) is 6.20. The van der Waals surface area contributed by atoms with Gasteiger partial charge in [-0.15, -0.1) is 0 Å². The largest absolute Gasteiger partial charge is 0.493 e. The first-order chi connectivity index (χ1) is 8.27. The maximum Gasteiger partial charge on any atom is 0.164 e. The van der Waals surface area contributed by atoms with Gasteiger partial charge in [-0.2, -0.15) is 0 Å². The molecular weight excluding hydrogens is 214 g/mol. The minimum absolute atomic E-state index is 0.535. The van der Waals surface area contributed by atoms with E-state index in [9.17, 15) is 0 Å². The van der Waals surface area contributed by atoms with E-state index in [1.165, 1.54) is 18.4 Å². The van der Waals surface area contributed by atoms with Gasteiger partial charge in [0.05, 0.1) is 14.2 Å². The second-order valence-electron chi connectivity index (χ2n) is 4.58. The first-order valence-electron chi connectivity index (χ1n) is 6.20. The molecule has 1 saturated heterocycles. The molecule has 1 fully saturated rings. The van der Waals surface area contributed by atoms with E-state index in [1.54, 1.807) is 14.2 Å². The lowest BCUT2D eigenvalue weighted by atomic mass is 9.90. The van der Waals surface area contributed by atoms with Crippen LogP contribution in [0.3, 0.4) is 0 Å². The second kappa shape index (κ2) is 5.41. The van der Waals surface area contributed by atoms with Crippen LogP contribution >= 0.6 is 0 Å². The van der Waals surface area contributed by atoms with Crippen LogP contribution < -0.4 is 14.8 Å². The van der Waals surface area contributed by atoms with Gasteiger partial charge in [0, 0.05) is 18.0 Å². The third-order valence-electron chi connectivity index (χ3n) is 3.48. The number of methoxy groups -OCH3 is 2. The smallest absolute Gasteiger partial charge is 0.164 e. The van der Waals surface area contributed by atoms with Gasteiger partial charge in [-0.3, -0.25) is 0 Å². The van der Waals surface area contributed by atoms with Gasteiger partial charge in [-0.05, 0) is 31.9 Å². The van der Waals surface area contributed by atoms with E-state index >= 15 is 0 Å². The highest BCUT2D eigenvalue weighted by Crippen LogP contribution is 2.39. The average molecular weight is 235 g/mol. The summed E-state index contributed by atoms with van der Waals surface area (Å²) in [7, 11) is 3.42. The van der Waals surface area contributed by atoms with Crippen LogP contribution in [0.2, 0.25) is 0 Å². The highest BCUT2D eigenvalue weighted by molar-refractivity contribution is 5.53. The molecule has 2 rings (SSSR count). The predicted octanol–water partition coefficient (Wildman–Crippen LogP) is 2.48. The van der Waals surface area contributed by atoms with Crippen LogP contribution in [-0.4, -0.2) is 27.3 Å². The van der Waals surface area contributed by atoms with Crippen molar-refractivity contribution < 1.29 is 9.47 Å². The Labute approximate surface area is 103 Å². The van der Waals surface area contributed by atoms with E-state index in [2.05, 4.69) is 17.4 Å². The maximum absolute atomic E-state index is 5.55. The molecule has 0 saturated carbocycles. The molecule has 0 amide bonds. The van der Waals surface area contributed by atoms with Crippen LogP contribution in [-0.2, 0) is 0 Å². The van der Waals surface area contributed by atoms with Crippen molar-refractivity contribution in [3.05, 3.63) is 23.3 Å². The van der Waals surface area contributed by atoms with Crippen LogP contribution in [0.1, 0.15) is 29.9 Å². The summed E-state index contributed by atoms with van der Waals surface area (Å²) in [4.78, 5) is 0. The summed E-state index contributed by atoms with van der Waals surface area (Å²) >= 11 is 0. The Morgan fingerprint density at radius 1 is 1.18 bits per heavy atom. The monoisotopic (exact) mass is 235 g/mol. The van der Waals surface area contributed by atoms with E-state index in [0.29, 0.717) is 5.92 Å². The molecule has 0 spiro atoms. The van der Waals surface area contributed by atoms with E-state index in [-0.39, 0.29) is 0 Å². The van der Waals surface area contributed by atoms with Gasteiger partial charge in [0.25, 0.3) is 0 Å². The topological polar surface area (TPSA) is 30.5 Å². The zero-order valence-electron chi connectivity index (χ0n) is 10.9. The number of hydrogen-bond donors (Lipinski definition) is 1. The molecule has 3 heteroatoms. The van der Waals surface area contributed by atoms with Crippen molar-refractivity contribution in [2.45, 2.75) is 25.7 Å². The van der Waals surface area contributed by atoms with Crippen LogP contribution in [0.5, 0.6) is 11.5 Å². The Morgan fingerprint density at radius 3 is 2.53 bits per heavy atom. The molecule has 1 heterocycles. The van der Waals surface area contributed by atoms with Gasteiger partial charge in [-0.1, -0.05) is 12.1 Å². The highest BCUT2D eigenvalue weighted by Gasteiger charge is 2.22. The Balaban J connectivity index is 2.38. The van der Waals surface area contributed by atoms with E-state index in [4.69, 9.17) is 9.47 Å². The average Bonchev–Trinajstić information content (AvgIpc) is 2.39. The highest BCUT2D eigenvalue weighted by atomic mass is 16.5. The third kappa shape index (κ3) is 2.39. The molecule has 94 valence electrons. The molecule has 1 unspecified atom stereocenters. The van der Waals surface area contributed by atoms with Gasteiger partial charge in [0.2, 0.25) is 0 Å². The molecule has 1 aromatic carbocycles. The van der Waals surface area contributed by atoms with Crippen LogP contribution in [0.25, 0.3) is 0 Å². The molecule has 3 nitrogen and oxygen atoms in total. The maximum atomic E-state index is 5.55. The number of rotatable bonds is 3. The zero-order chi connectivity index (χ0) is 12.3. The van der Waals surface area contributed by atoms with Crippen molar-refractivity contribution in [2.24, 2.45) is 0 Å². The fourth-order valence-corrected chi connectivity index (χ4v) is 2.58. The molecule has 0 aliphatic carbocycles. The number of ether oxygens (including phenoxy) is 2. The Bertz CT molecular complexity index is 384. The number of hydrogen-bond acceptors (Lipinski definition) is 3. The van der Waals surface area contributed by atoms with Crippen LogP contribution in [0, 0.1) is 6.92 Å². The summed E-state index contributed by atoms with van der Waals surface area (Å²) in [6.07, 6.45) is 2.44. The minimum Gasteiger partial charge on any atom is -0.493 e. The molecule has 1 aromatic rings. The summed E-state index contributed by atoms with van der Waals surface area (Å²) in [6.45, 7) is 4.20.